The highest BCUT2D eigenvalue weighted by Crippen LogP contribution is 2.21. The van der Waals surface area contributed by atoms with Gasteiger partial charge in [-0.1, -0.05) is 19.9 Å². The Labute approximate surface area is 128 Å². The van der Waals surface area contributed by atoms with Gasteiger partial charge in [0.25, 0.3) is 0 Å². The molecule has 0 bridgehead atoms. The van der Waals surface area contributed by atoms with Crippen LogP contribution in [0.15, 0.2) is 24.3 Å². The van der Waals surface area contributed by atoms with Crippen molar-refractivity contribution in [3.63, 3.8) is 0 Å². The van der Waals surface area contributed by atoms with Crippen molar-refractivity contribution in [2.45, 2.75) is 32.8 Å². The van der Waals surface area contributed by atoms with Crippen molar-refractivity contribution in [2.75, 3.05) is 11.9 Å². The molecule has 0 radical (unpaired) electrons. The summed E-state index contributed by atoms with van der Waals surface area (Å²) in [6, 6.07) is 5.22. The molecule has 2 aromatic rings. The van der Waals surface area contributed by atoms with Crippen LogP contribution in [0.4, 0.5) is 14.6 Å². The topological polar surface area (TPSA) is 58.0 Å². The van der Waals surface area contributed by atoms with E-state index in [9.17, 15) is 13.9 Å². The lowest BCUT2D eigenvalue weighted by Crippen LogP contribution is -2.16. The lowest BCUT2D eigenvalue weighted by atomic mass is 10.1. The molecule has 1 atom stereocenters. The summed E-state index contributed by atoms with van der Waals surface area (Å²) in [7, 11) is 0. The number of rotatable bonds is 5. The monoisotopic (exact) mass is 307 g/mol. The Balaban J connectivity index is 2.13. The maximum atomic E-state index is 13.6. The fourth-order valence-electron chi connectivity index (χ4n) is 2.07. The summed E-state index contributed by atoms with van der Waals surface area (Å²) >= 11 is 0. The minimum Gasteiger partial charge on any atom is -0.386 e. The number of hydrogen-bond acceptors (Lipinski definition) is 4. The molecule has 118 valence electrons. The largest absolute Gasteiger partial charge is 0.386 e. The first-order valence-corrected chi connectivity index (χ1v) is 7.10. The van der Waals surface area contributed by atoms with Crippen molar-refractivity contribution in [3.05, 3.63) is 53.0 Å². The first kappa shape index (κ1) is 16.3. The molecule has 0 aliphatic carbocycles. The maximum Gasteiger partial charge on any atom is 0.133 e. The van der Waals surface area contributed by atoms with E-state index < -0.39 is 17.7 Å². The van der Waals surface area contributed by atoms with E-state index in [1.54, 1.807) is 6.07 Å². The first-order valence-electron chi connectivity index (χ1n) is 7.10. The molecule has 0 saturated carbocycles. The number of aliphatic hydroxyl groups excluding tert-OH is 1. The Hall–Kier alpha value is -2.08. The fraction of sp³-hybridized carbons (Fsp3) is 0.375. The second-order valence-corrected chi connectivity index (χ2v) is 5.44. The number of halogens is 2. The van der Waals surface area contributed by atoms with Gasteiger partial charge < -0.3 is 10.4 Å². The summed E-state index contributed by atoms with van der Waals surface area (Å²) in [5.74, 6) is -0.178. The van der Waals surface area contributed by atoms with Gasteiger partial charge in [0.05, 0.1) is 5.56 Å². The molecule has 22 heavy (non-hydrogen) atoms. The molecule has 1 unspecified atom stereocenters. The van der Waals surface area contributed by atoms with E-state index in [1.165, 1.54) is 6.07 Å². The molecule has 2 N–H and O–H groups in total. The zero-order valence-electron chi connectivity index (χ0n) is 12.8. The van der Waals surface area contributed by atoms with E-state index in [4.69, 9.17) is 0 Å². The molecular formula is C16H19F2N3O. The summed E-state index contributed by atoms with van der Waals surface area (Å²) in [6.07, 6.45) is -1.31. The van der Waals surface area contributed by atoms with E-state index in [-0.39, 0.29) is 18.0 Å². The van der Waals surface area contributed by atoms with E-state index in [0.29, 0.717) is 11.6 Å². The van der Waals surface area contributed by atoms with Gasteiger partial charge in [0, 0.05) is 24.2 Å². The maximum absolute atomic E-state index is 13.6. The summed E-state index contributed by atoms with van der Waals surface area (Å²) in [6.45, 7) is 5.74. The summed E-state index contributed by atoms with van der Waals surface area (Å²) < 4.78 is 27.2. The Kier molecular flexibility index (Phi) is 5.03. The highest BCUT2D eigenvalue weighted by molar-refractivity contribution is 5.37. The van der Waals surface area contributed by atoms with Gasteiger partial charge in [-0.15, -0.1) is 0 Å². The molecular weight excluding hydrogens is 288 g/mol. The number of anilines is 1. The Bertz CT molecular complexity index is 642. The third kappa shape index (κ3) is 3.76. The normalized spacial score (nSPS) is 12.5. The molecule has 0 saturated heterocycles. The van der Waals surface area contributed by atoms with Gasteiger partial charge in [0.1, 0.15) is 29.4 Å². The van der Waals surface area contributed by atoms with Crippen LogP contribution in [0.3, 0.4) is 0 Å². The Morgan fingerprint density at radius 2 is 1.82 bits per heavy atom. The molecule has 0 fully saturated rings. The second kappa shape index (κ2) is 6.79. The smallest absolute Gasteiger partial charge is 0.133 e. The molecule has 6 heteroatoms. The van der Waals surface area contributed by atoms with Gasteiger partial charge in [-0.2, -0.15) is 0 Å². The van der Waals surface area contributed by atoms with E-state index in [1.807, 2.05) is 20.8 Å². The van der Waals surface area contributed by atoms with Crippen molar-refractivity contribution in [2.24, 2.45) is 0 Å². The predicted molar refractivity (Wildman–Crippen MR) is 80.7 cm³/mol. The zero-order chi connectivity index (χ0) is 16.3. The highest BCUT2D eigenvalue weighted by Gasteiger charge is 2.18. The van der Waals surface area contributed by atoms with Crippen molar-refractivity contribution in [1.29, 1.82) is 0 Å². The van der Waals surface area contributed by atoms with Crippen LogP contribution in [-0.4, -0.2) is 21.6 Å². The van der Waals surface area contributed by atoms with Crippen molar-refractivity contribution in [3.8, 4) is 0 Å². The van der Waals surface area contributed by atoms with Gasteiger partial charge in [-0.05, 0) is 19.1 Å². The fourth-order valence-corrected chi connectivity index (χ4v) is 2.07. The minimum absolute atomic E-state index is 0.0498. The second-order valence-electron chi connectivity index (χ2n) is 5.44. The van der Waals surface area contributed by atoms with E-state index in [2.05, 4.69) is 15.3 Å². The molecule has 0 amide bonds. The Morgan fingerprint density at radius 3 is 2.41 bits per heavy atom. The first-order chi connectivity index (χ1) is 10.4. The zero-order valence-corrected chi connectivity index (χ0v) is 12.8. The molecule has 1 aromatic carbocycles. The third-order valence-electron chi connectivity index (χ3n) is 3.20. The molecule has 4 nitrogen and oxygen atoms in total. The van der Waals surface area contributed by atoms with Gasteiger partial charge in [-0.25, -0.2) is 18.7 Å². The summed E-state index contributed by atoms with van der Waals surface area (Å²) in [4.78, 5) is 8.64. The average Bonchev–Trinajstić information content (AvgIpc) is 2.44. The summed E-state index contributed by atoms with van der Waals surface area (Å²) in [5, 5.41) is 12.9. The molecule has 1 aromatic heterocycles. The number of hydrogen-bond donors (Lipinski definition) is 2. The number of nitrogens with one attached hydrogen (secondary N) is 1. The minimum atomic E-state index is -1.31. The molecule has 1 heterocycles. The standard InChI is InChI=1S/C16H19F2N3O/c1-9(2)16-20-10(3)7-14(21-16)19-8-13(22)15-11(17)5-4-6-12(15)18/h4-7,9,13,22H,8H2,1-3H3,(H,19,20,21). The average molecular weight is 307 g/mol. The highest BCUT2D eigenvalue weighted by atomic mass is 19.1. The predicted octanol–water partition coefficient (Wildman–Crippen LogP) is 3.33. The molecule has 0 aliphatic rings. The van der Waals surface area contributed by atoms with Crippen LogP contribution in [-0.2, 0) is 0 Å². The van der Waals surface area contributed by atoms with Crippen LogP contribution in [0.1, 0.15) is 43.0 Å². The van der Waals surface area contributed by atoms with Crippen LogP contribution in [0.25, 0.3) is 0 Å². The number of aryl methyl sites for hydroxylation is 1. The lowest BCUT2D eigenvalue weighted by Gasteiger charge is -2.15. The number of aromatic nitrogens is 2. The SMILES string of the molecule is Cc1cc(NCC(O)c2c(F)cccc2F)nc(C(C)C)n1. The van der Waals surface area contributed by atoms with Crippen molar-refractivity contribution in [1.82, 2.24) is 9.97 Å². The third-order valence-corrected chi connectivity index (χ3v) is 3.20. The van der Waals surface area contributed by atoms with Crippen molar-refractivity contribution >= 4 is 5.82 Å². The van der Waals surface area contributed by atoms with Crippen LogP contribution in [0.5, 0.6) is 0 Å². The van der Waals surface area contributed by atoms with E-state index >= 15 is 0 Å². The van der Waals surface area contributed by atoms with Crippen LogP contribution >= 0.6 is 0 Å². The van der Waals surface area contributed by atoms with Gasteiger partial charge in [0.2, 0.25) is 0 Å². The molecule has 2 rings (SSSR count). The van der Waals surface area contributed by atoms with Crippen LogP contribution < -0.4 is 5.32 Å². The quantitative estimate of drug-likeness (QED) is 0.889. The number of benzene rings is 1. The van der Waals surface area contributed by atoms with Crippen LogP contribution in [0, 0.1) is 18.6 Å². The number of nitrogens with zero attached hydrogens (tertiary/aromatic N) is 2. The van der Waals surface area contributed by atoms with Gasteiger partial charge in [-0.3, -0.25) is 0 Å². The van der Waals surface area contributed by atoms with Gasteiger partial charge >= 0.3 is 0 Å². The van der Waals surface area contributed by atoms with Crippen LogP contribution in [0.2, 0.25) is 0 Å². The summed E-state index contributed by atoms with van der Waals surface area (Å²) in [5.41, 5.74) is 0.442. The lowest BCUT2D eigenvalue weighted by molar-refractivity contribution is 0.181. The van der Waals surface area contributed by atoms with Gasteiger partial charge in [0.15, 0.2) is 0 Å². The van der Waals surface area contributed by atoms with E-state index in [0.717, 1.165) is 17.8 Å². The van der Waals surface area contributed by atoms with Crippen molar-refractivity contribution < 1.29 is 13.9 Å². The Morgan fingerprint density at radius 1 is 1.18 bits per heavy atom. The molecule has 0 spiro atoms. The molecule has 0 aliphatic heterocycles. The number of aliphatic hydroxyl groups is 1.